The summed E-state index contributed by atoms with van der Waals surface area (Å²) >= 11 is 0. The van der Waals surface area contributed by atoms with Crippen molar-refractivity contribution in [3.8, 4) is 0 Å². The minimum absolute atomic E-state index is 0.655. The van der Waals surface area contributed by atoms with Crippen molar-refractivity contribution in [3.63, 3.8) is 0 Å². The van der Waals surface area contributed by atoms with E-state index in [-0.39, 0.29) is 0 Å². The minimum Gasteiger partial charge on any atom is -0.0996 e. The van der Waals surface area contributed by atoms with Gasteiger partial charge in [0.15, 0.2) is 0 Å². The summed E-state index contributed by atoms with van der Waals surface area (Å²) in [5, 5.41) is 0. The van der Waals surface area contributed by atoms with Crippen LogP contribution in [0.2, 0.25) is 0 Å². The van der Waals surface area contributed by atoms with Crippen molar-refractivity contribution in [2.24, 2.45) is 35.0 Å². The highest BCUT2D eigenvalue weighted by atomic mass is 14.7. The number of rotatable bonds is 0. The van der Waals surface area contributed by atoms with Crippen molar-refractivity contribution >= 4 is 0 Å². The van der Waals surface area contributed by atoms with Gasteiger partial charge in [0, 0.05) is 0 Å². The van der Waals surface area contributed by atoms with Crippen molar-refractivity contribution in [1.29, 1.82) is 0 Å². The largest absolute Gasteiger partial charge is 0.0996 e. The highest BCUT2D eigenvalue weighted by Gasteiger charge is 2.64. The van der Waals surface area contributed by atoms with Gasteiger partial charge in [-0.1, -0.05) is 32.9 Å². The predicted molar refractivity (Wildman–Crippen MR) is 64.5 cm³/mol. The Balaban J connectivity index is 1.93. The highest BCUT2D eigenvalue weighted by molar-refractivity contribution is 5.20. The summed E-state index contributed by atoms with van der Waals surface area (Å²) in [4.78, 5) is 0. The Morgan fingerprint density at radius 3 is 2.67 bits per heavy atom. The lowest BCUT2D eigenvalue weighted by atomic mass is 9.80. The zero-order chi connectivity index (χ0) is 10.8. The van der Waals surface area contributed by atoms with Gasteiger partial charge < -0.3 is 0 Å². The van der Waals surface area contributed by atoms with Crippen LogP contribution >= 0.6 is 0 Å². The molecule has 3 aliphatic rings. The van der Waals surface area contributed by atoms with Crippen LogP contribution in [0.1, 0.15) is 46.5 Å². The lowest BCUT2D eigenvalue weighted by Gasteiger charge is -2.25. The van der Waals surface area contributed by atoms with Crippen LogP contribution in [-0.4, -0.2) is 0 Å². The van der Waals surface area contributed by atoms with E-state index in [0.717, 1.165) is 29.6 Å². The lowest BCUT2D eigenvalue weighted by Crippen LogP contribution is -2.18. The Morgan fingerprint density at radius 2 is 1.93 bits per heavy atom. The number of allylic oxidation sites excluding steroid dienone is 1. The zero-order valence-electron chi connectivity index (χ0n) is 10.4. The molecule has 0 aromatic carbocycles. The first-order chi connectivity index (χ1) is 7.03. The molecule has 0 saturated heterocycles. The molecule has 3 aliphatic carbocycles. The van der Waals surface area contributed by atoms with Crippen LogP contribution in [0.15, 0.2) is 12.2 Å². The zero-order valence-corrected chi connectivity index (χ0v) is 10.4. The fraction of sp³-hybridized carbons (Fsp3) is 0.867. The number of fused-ring (bicyclic) bond motifs is 3. The van der Waals surface area contributed by atoms with Gasteiger partial charge in [0.25, 0.3) is 0 Å². The van der Waals surface area contributed by atoms with Crippen molar-refractivity contribution < 1.29 is 0 Å². The predicted octanol–water partition coefficient (Wildman–Crippen LogP) is 4.27. The normalized spacial score (nSPS) is 51.9. The van der Waals surface area contributed by atoms with Gasteiger partial charge in [-0.3, -0.25) is 0 Å². The Labute approximate surface area is 94.1 Å². The second kappa shape index (κ2) is 2.90. The molecule has 15 heavy (non-hydrogen) atoms. The Bertz CT molecular complexity index is 299. The lowest BCUT2D eigenvalue weighted by molar-refractivity contribution is 0.280. The van der Waals surface area contributed by atoms with Crippen LogP contribution in [0.4, 0.5) is 0 Å². The van der Waals surface area contributed by atoms with Crippen molar-refractivity contribution in [2.75, 3.05) is 0 Å². The van der Waals surface area contributed by atoms with E-state index < -0.39 is 0 Å². The van der Waals surface area contributed by atoms with E-state index in [1.807, 2.05) is 0 Å². The molecular formula is C15H24. The molecule has 3 saturated carbocycles. The molecule has 0 radical (unpaired) electrons. The molecular weight excluding hydrogens is 180 g/mol. The molecule has 3 rings (SSSR count). The first kappa shape index (κ1) is 9.93. The maximum atomic E-state index is 4.35. The fourth-order valence-electron chi connectivity index (χ4n) is 4.93. The maximum Gasteiger partial charge on any atom is -0.0172 e. The Kier molecular flexibility index (Phi) is 1.92. The van der Waals surface area contributed by atoms with Crippen LogP contribution < -0.4 is 0 Å². The quantitative estimate of drug-likeness (QED) is 0.517. The number of hydrogen-bond acceptors (Lipinski definition) is 0. The van der Waals surface area contributed by atoms with Gasteiger partial charge in [-0.05, 0) is 60.7 Å². The van der Waals surface area contributed by atoms with Gasteiger partial charge in [-0.15, -0.1) is 0 Å². The maximum absolute atomic E-state index is 4.35. The van der Waals surface area contributed by atoms with Crippen LogP contribution in [0.25, 0.3) is 0 Å². The van der Waals surface area contributed by atoms with Gasteiger partial charge in [-0.2, -0.15) is 0 Å². The van der Waals surface area contributed by atoms with Crippen molar-refractivity contribution in [3.05, 3.63) is 12.2 Å². The molecule has 0 amide bonds. The molecule has 0 aromatic rings. The Hall–Kier alpha value is -0.260. The van der Waals surface area contributed by atoms with Crippen LogP contribution in [0, 0.1) is 35.0 Å². The van der Waals surface area contributed by atoms with Crippen LogP contribution in [0.5, 0.6) is 0 Å². The molecule has 0 spiro atoms. The van der Waals surface area contributed by atoms with E-state index in [2.05, 4.69) is 27.4 Å². The molecule has 0 N–H and O–H groups in total. The monoisotopic (exact) mass is 204 g/mol. The molecule has 0 unspecified atom stereocenters. The van der Waals surface area contributed by atoms with Gasteiger partial charge >= 0.3 is 0 Å². The Morgan fingerprint density at radius 1 is 1.20 bits per heavy atom. The molecule has 84 valence electrons. The van der Waals surface area contributed by atoms with Crippen LogP contribution in [-0.2, 0) is 0 Å². The standard InChI is InChI=1S/C15H24/c1-9-6-8-12-14(15(12,3)4)13-10(2)5-7-11(9)13/h10-14H,1,5-8H2,2-4H3/t10-,11-,12+,13+,14+/m0/s1. The third-order valence-electron chi connectivity index (χ3n) is 5.91. The molecule has 0 heteroatoms. The summed E-state index contributed by atoms with van der Waals surface area (Å²) in [6.45, 7) is 11.8. The van der Waals surface area contributed by atoms with Gasteiger partial charge in [0.1, 0.15) is 0 Å². The second-order valence-electron chi connectivity index (χ2n) is 6.89. The van der Waals surface area contributed by atoms with Crippen molar-refractivity contribution in [2.45, 2.75) is 46.5 Å². The molecule has 0 heterocycles. The van der Waals surface area contributed by atoms with Gasteiger partial charge in [0.2, 0.25) is 0 Å². The first-order valence-electron chi connectivity index (χ1n) is 6.71. The smallest absolute Gasteiger partial charge is 0.0172 e. The summed E-state index contributed by atoms with van der Waals surface area (Å²) < 4.78 is 0. The molecule has 0 aliphatic heterocycles. The van der Waals surface area contributed by atoms with Crippen molar-refractivity contribution in [1.82, 2.24) is 0 Å². The third-order valence-corrected chi connectivity index (χ3v) is 5.91. The highest BCUT2D eigenvalue weighted by Crippen LogP contribution is 2.70. The summed E-state index contributed by atoms with van der Waals surface area (Å²) in [5.74, 6) is 4.87. The summed E-state index contributed by atoms with van der Waals surface area (Å²) in [6, 6.07) is 0. The number of hydrogen-bond donors (Lipinski definition) is 0. The van der Waals surface area contributed by atoms with E-state index in [0.29, 0.717) is 5.41 Å². The molecule has 0 nitrogen and oxygen atoms in total. The third kappa shape index (κ3) is 1.20. The average Bonchev–Trinajstić information content (AvgIpc) is 2.55. The van der Waals surface area contributed by atoms with E-state index in [4.69, 9.17) is 0 Å². The summed E-state index contributed by atoms with van der Waals surface area (Å²) in [6.07, 6.45) is 5.63. The molecule has 0 aromatic heterocycles. The van der Waals surface area contributed by atoms with E-state index in [1.165, 1.54) is 25.7 Å². The average molecular weight is 204 g/mol. The van der Waals surface area contributed by atoms with Gasteiger partial charge in [0.05, 0.1) is 0 Å². The van der Waals surface area contributed by atoms with Crippen LogP contribution in [0.3, 0.4) is 0 Å². The molecule has 3 fully saturated rings. The first-order valence-corrected chi connectivity index (χ1v) is 6.71. The minimum atomic E-state index is 0.655. The topological polar surface area (TPSA) is 0 Å². The molecule has 5 atom stereocenters. The molecule has 0 bridgehead atoms. The van der Waals surface area contributed by atoms with Gasteiger partial charge in [-0.25, -0.2) is 0 Å². The summed E-state index contributed by atoms with van der Waals surface area (Å²) in [7, 11) is 0. The second-order valence-corrected chi connectivity index (χ2v) is 6.89. The van der Waals surface area contributed by atoms with E-state index >= 15 is 0 Å². The SMILES string of the molecule is C=C1CC[C@@H]2[C@H]([C@@H]3[C@@H](C)CC[C@@H]13)C2(C)C. The fourth-order valence-corrected chi connectivity index (χ4v) is 4.93. The summed E-state index contributed by atoms with van der Waals surface area (Å²) in [5.41, 5.74) is 2.25. The van der Waals surface area contributed by atoms with E-state index in [9.17, 15) is 0 Å². The van der Waals surface area contributed by atoms with E-state index in [1.54, 1.807) is 5.57 Å².